The third kappa shape index (κ3) is 4.06. The number of hydrogen-bond donors (Lipinski definition) is 0. The molecule has 0 saturated heterocycles. The van der Waals surface area contributed by atoms with Gasteiger partial charge in [0.05, 0.1) is 17.6 Å². The maximum Gasteiger partial charge on any atom is 0.417 e. The Morgan fingerprint density at radius 3 is 2.43 bits per heavy atom. The summed E-state index contributed by atoms with van der Waals surface area (Å²) in [5, 5.41) is 10.9. The van der Waals surface area contributed by atoms with Gasteiger partial charge in [-0.1, -0.05) is 15.9 Å². The van der Waals surface area contributed by atoms with Gasteiger partial charge in [0.25, 0.3) is 0 Å². The number of benzene rings is 1. The molecule has 1 aromatic rings. The summed E-state index contributed by atoms with van der Waals surface area (Å²) in [6.45, 7) is 1.25. The zero-order valence-electron chi connectivity index (χ0n) is 10.7. The van der Waals surface area contributed by atoms with E-state index in [9.17, 15) is 28.1 Å². The number of carbonyl (C=O) groups excluding carboxylic acids is 1. The number of nitro benzene ring substituents is 1. The van der Waals surface area contributed by atoms with Gasteiger partial charge in [-0.3, -0.25) is 10.1 Å². The molecule has 0 radical (unpaired) electrons. The molecule has 0 spiro atoms. The third-order valence-corrected chi connectivity index (χ3v) is 3.04. The summed E-state index contributed by atoms with van der Waals surface area (Å²) >= 11 is 2.67. The van der Waals surface area contributed by atoms with E-state index in [1.54, 1.807) is 0 Å². The second-order valence-electron chi connectivity index (χ2n) is 3.84. The number of methoxy groups -OCH3 is 1. The second-order valence-corrected chi connectivity index (χ2v) is 4.69. The molecule has 6 nitrogen and oxygen atoms in total. The van der Waals surface area contributed by atoms with Gasteiger partial charge in [-0.05, 0) is 6.92 Å². The first kappa shape index (κ1) is 17.2. The summed E-state index contributed by atoms with van der Waals surface area (Å²) < 4.78 is 47.0. The molecule has 21 heavy (non-hydrogen) atoms. The van der Waals surface area contributed by atoms with Crippen LogP contribution in [0.1, 0.15) is 12.5 Å². The standard InChI is InChI=1S/C11H9BrF3NO5/c1-5(10(17)20-2)21-9-4-7(12)6(11(13,14)15)3-8(9)16(18)19/h3-5H,1-2H3/t5-/m1/s1. The highest BCUT2D eigenvalue weighted by atomic mass is 79.9. The maximum atomic E-state index is 12.7. The van der Waals surface area contributed by atoms with E-state index < -0.39 is 44.6 Å². The fourth-order valence-corrected chi connectivity index (χ4v) is 1.95. The average Bonchev–Trinajstić information content (AvgIpc) is 2.35. The van der Waals surface area contributed by atoms with Gasteiger partial charge in [-0.25, -0.2) is 4.79 Å². The Kier molecular flexibility index (Phi) is 5.15. The highest BCUT2D eigenvalue weighted by Gasteiger charge is 2.36. The lowest BCUT2D eigenvalue weighted by atomic mass is 10.2. The topological polar surface area (TPSA) is 78.7 Å². The first-order valence-corrected chi connectivity index (χ1v) is 6.16. The van der Waals surface area contributed by atoms with E-state index in [4.69, 9.17) is 4.74 Å². The van der Waals surface area contributed by atoms with E-state index in [1.165, 1.54) is 6.92 Å². The Labute approximate surface area is 125 Å². The minimum atomic E-state index is -4.77. The highest BCUT2D eigenvalue weighted by Crippen LogP contribution is 2.41. The van der Waals surface area contributed by atoms with Crippen LogP contribution in [0.15, 0.2) is 16.6 Å². The fraction of sp³-hybridized carbons (Fsp3) is 0.364. The monoisotopic (exact) mass is 371 g/mol. The Morgan fingerprint density at radius 2 is 2.00 bits per heavy atom. The second kappa shape index (κ2) is 6.29. The highest BCUT2D eigenvalue weighted by molar-refractivity contribution is 9.10. The lowest BCUT2D eigenvalue weighted by Gasteiger charge is -2.15. The molecule has 1 rings (SSSR count). The number of ether oxygens (including phenoxy) is 2. The van der Waals surface area contributed by atoms with E-state index in [2.05, 4.69) is 20.7 Å². The molecule has 0 aromatic heterocycles. The summed E-state index contributed by atoms with van der Waals surface area (Å²) in [5.74, 6) is -1.29. The number of nitrogens with zero attached hydrogens (tertiary/aromatic N) is 1. The smallest absolute Gasteiger partial charge is 0.417 e. The van der Waals surface area contributed by atoms with Crippen LogP contribution in [0, 0.1) is 10.1 Å². The molecule has 116 valence electrons. The van der Waals surface area contributed by atoms with Gasteiger partial charge < -0.3 is 9.47 Å². The molecule has 0 aliphatic heterocycles. The minimum Gasteiger partial charge on any atom is -0.472 e. The van der Waals surface area contributed by atoms with Crippen LogP contribution in [-0.2, 0) is 15.7 Å². The van der Waals surface area contributed by atoms with Crippen LogP contribution in [0.3, 0.4) is 0 Å². The number of alkyl halides is 3. The van der Waals surface area contributed by atoms with Crippen LogP contribution < -0.4 is 4.74 Å². The van der Waals surface area contributed by atoms with E-state index in [1.807, 2.05) is 0 Å². The lowest BCUT2D eigenvalue weighted by molar-refractivity contribution is -0.386. The largest absolute Gasteiger partial charge is 0.472 e. The molecule has 0 N–H and O–H groups in total. The van der Waals surface area contributed by atoms with Gasteiger partial charge >= 0.3 is 17.8 Å². The molecular weight excluding hydrogens is 363 g/mol. The van der Waals surface area contributed by atoms with Gasteiger partial charge in [0.2, 0.25) is 0 Å². The molecule has 0 aliphatic carbocycles. The number of carbonyl (C=O) groups is 1. The molecule has 1 aromatic carbocycles. The van der Waals surface area contributed by atoms with Crippen LogP contribution in [0.2, 0.25) is 0 Å². The molecule has 1 atom stereocenters. The van der Waals surface area contributed by atoms with E-state index in [-0.39, 0.29) is 0 Å². The third-order valence-electron chi connectivity index (χ3n) is 2.39. The normalized spacial score (nSPS) is 12.7. The summed E-state index contributed by atoms with van der Waals surface area (Å²) in [6.07, 6.45) is -5.98. The van der Waals surface area contributed by atoms with Crippen molar-refractivity contribution in [2.45, 2.75) is 19.2 Å². The number of nitro groups is 1. The zero-order valence-corrected chi connectivity index (χ0v) is 12.3. The Bertz CT molecular complexity index is 576. The summed E-state index contributed by atoms with van der Waals surface area (Å²) in [5.41, 5.74) is -2.12. The fourth-order valence-electron chi connectivity index (χ4n) is 1.40. The molecule has 0 saturated carbocycles. The van der Waals surface area contributed by atoms with Crippen LogP contribution in [0.25, 0.3) is 0 Å². The molecule has 0 aliphatic rings. The Morgan fingerprint density at radius 1 is 1.43 bits per heavy atom. The number of rotatable bonds is 4. The molecule has 10 heteroatoms. The van der Waals surface area contributed by atoms with E-state index in [0.717, 1.165) is 13.2 Å². The van der Waals surface area contributed by atoms with Crippen molar-refractivity contribution in [1.82, 2.24) is 0 Å². The Hall–Kier alpha value is -1.84. The molecule has 0 heterocycles. The summed E-state index contributed by atoms with van der Waals surface area (Å²) in [6, 6.07) is 1.13. The van der Waals surface area contributed by atoms with E-state index >= 15 is 0 Å². The van der Waals surface area contributed by atoms with Gasteiger partial charge in [0.15, 0.2) is 11.9 Å². The predicted molar refractivity (Wildman–Crippen MR) is 67.9 cm³/mol. The number of esters is 1. The van der Waals surface area contributed by atoms with Crippen molar-refractivity contribution in [1.29, 1.82) is 0 Å². The quantitative estimate of drug-likeness (QED) is 0.460. The zero-order chi connectivity index (χ0) is 16.4. The lowest BCUT2D eigenvalue weighted by Crippen LogP contribution is -2.25. The van der Waals surface area contributed by atoms with Gasteiger partial charge in [0, 0.05) is 16.6 Å². The average molecular weight is 372 g/mol. The van der Waals surface area contributed by atoms with Crippen molar-refractivity contribution in [3.63, 3.8) is 0 Å². The summed E-state index contributed by atoms with van der Waals surface area (Å²) in [7, 11) is 1.08. The Balaban J connectivity index is 3.30. The molecule has 0 fully saturated rings. The van der Waals surface area contributed by atoms with Crippen molar-refractivity contribution in [3.05, 3.63) is 32.3 Å². The van der Waals surface area contributed by atoms with E-state index in [0.29, 0.717) is 6.07 Å². The van der Waals surface area contributed by atoms with Crippen molar-refractivity contribution in [3.8, 4) is 5.75 Å². The molecular formula is C11H9BrF3NO5. The van der Waals surface area contributed by atoms with Gasteiger partial charge in [-0.15, -0.1) is 0 Å². The van der Waals surface area contributed by atoms with Crippen LogP contribution in [0.4, 0.5) is 18.9 Å². The van der Waals surface area contributed by atoms with Crippen LogP contribution in [0.5, 0.6) is 5.75 Å². The number of hydrogen-bond acceptors (Lipinski definition) is 5. The van der Waals surface area contributed by atoms with Crippen molar-refractivity contribution in [2.75, 3.05) is 7.11 Å². The maximum absolute atomic E-state index is 12.7. The van der Waals surface area contributed by atoms with Crippen molar-refractivity contribution in [2.24, 2.45) is 0 Å². The van der Waals surface area contributed by atoms with Gasteiger partial charge in [0.1, 0.15) is 0 Å². The van der Waals surface area contributed by atoms with Crippen LogP contribution in [-0.4, -0.2) is 24.1 Å². The SMILES string of the molecule is COC(=O)[C@@H](C)Oc1cc(Br)c(C(F)(F)F)cc1[N+](=O)[O-]. The predicted octanol–water partition coefficient (Wildman–Crippen LogP) is 3.32. The summed E-state index contributed by atoms with van der Waals surface area (Å²) in [4.78, 5) is 21.0. The molecule has 0 unspecified atom stereocenters. The van der Waals surface area contributed by atoms with Crippen LogP contribution >= 0.6 is 15.9 Å². The van der Waals surface area contributed by atoms with Gasteiger partial charge in [-0.2, -0.15) is 13.2 Å². The van der Waals surface area contributed by atoms with Crippen molar-refractivity contribution >= 4 is 27.6 Å². The minimum absolute atomic E-state index is 0.337. The first-order valence-electron chi connectivity index (χ1n) is 5.37. The van der Waals surface area contributed by atoms with Crippen molar-refractivity contribution < 1.29 is 32.4 Å². The first-order chi connectivity index (χ1) is 9.57. The molecule has 0 amide bonds. The molecule has 0 bridgehead atoms. The number of halogens is 4.